The van der Waals surface area contributed by atoms with Crippen molar-refractivity contribution in [3.8, 4) is 0 Å². The van der Waals surface area contributed by atoms with Crippen molar-refractivity contribution in [1.29, 1.82) is 0 Å². The fourth-order valence-corrected chi connectivity index (χ4v) is 3.84. The van der Waals surface area contributed by atoms with Crippen LogP contribution in [0.3, 0.4) is 0 Å². The molecule has 1 heterocycles. The van der Waals surface area contributed by atoms with E-state index in [0.29, 0.717) is 19.4 Å². The van der Waals surface area contributed by atoms with Gasteiger partial charge in [0, 0.05) is 51.5 Å². The standard InChI is InChI=1S/C24H31N3O2/c1-2-26-15-17-27(18-16-26)24(29)13-14-25-23(28)19-22(20-9-5-3-6-10-20)21-11-7-4-8-12-21/h3-12,22H,2,13-19H2,1H3,(H,25,28). The Morgan fingerprint density at radius 3 is 1.97 bits per heavy atom. The van der Waals surface area contributed by atoms with E-state index in [0.717, 1.165) is 43.9 Å². The van der Waals surface area contributed by atoms with Gasteiger partial charge in [-0.2, -0.15) is 0 Å². The number of nitrogens with zero attached hydrogens (tertiary/aromatic N) is 2. The first kappa shape index (κ1) is 21.1. The average molecular weight is 394 g/mol. The highest BCUT2D eigenvalue weighted by Gasteiger charge is 2.21. The van der Waals surface area contributed by atoms with Gasteiger partial charge in [0.2, 0.25) is 11.8 Å². The van der Waals surface area contributed by atoms with Crippen LogP contribution in [-0.4, -0.2) is 60.9 Å². The van der Waals surface area contributed by atoms with Gasteiger partial charge >= 0.3 is 0 Å². The predicted octanol–water partition coefficient (Wildman–Crippen LogP) is 2.88. The first-order chi connectivity index (χ1) is 14.2. The Morgan fingerprint density at radius 1 is 0.897 bits per heavy atom. The number of hydrogen-bond donors (Lipinski definition) is 1. The van der Waals surface area contributed by atoms with E-state index in [9.17, 15) is 9.59 Å². The van der Waals surface area contributed by atoms with Gasteiger partial charge in [-0.15, -0.1) is 0 Å². The quantitative estimate of drug-likeness (QED) is 0.750. The molecule has 29 heavy (non-hydrogen) atoms. The van der Waals surface area contributed by atoms with Gasteiger partial charge in [-0.05, 0) is 17.7 Å². The molecule has 0 radical (unpaired) electrons. The summed E-state index contributed by atoms with van der Waals surface area (Å²) < 4.78 is 0. The molecule has 1 fully saturated rings. The number of likely N-dealkylation sites (N-methyl/N-ethyl adjacent to an activating group) is 1. The van der Waals surface area contributed by atoms with Gasteiger partial charge in [-0.25, -0.2) is 0 Å². The summed E-state index contributed by atoms with van der Waals surface area (Å²) in [6, 6.07) is 20.2. The minimum Gasteiger partial charge on any atom is -0.356 e. The fourth-order valence-electron chi connectivity index (χ4n) is 3.84. The highest BCUT2D eigenvalue weighted by atomic mass is 16.2. The summed E-state index contributed by atoms with van der Waals surface area (Å²) in [4.78, 5) is 29.3. The highest BCUT2D eigenvalue weighted by molar-refractivity contribution is 5.80. The zero-order valence-corrected chi connectivity index (χ0v) is 17.2. The summed E-state index contributed by atoms with van der Waals surface area (Å²) in [7, 11) is 0. The van der Waals surface area contributed by atoms with Gasteiger partial charge in [0.25, 0.3) is 0 Å². The molecule has 2 aromatic rings. The van der Waals surface area contributed by atoms with Crippen molar-refractivity contribution >= 4 is 11.8 Å². The molecule has 0 bridgehead atoms. The second-order valence-corrected chi connectivity index (χ2v) is 7.49. The molecule has 0 spiro atoms. The van der Waals surface area contributed by atoms with Crippen LogP contribution in [0.2, 0.25) is 0 Å². The Hall–Kier alpha value is -2.66. The molecule has 3 rings (SSSR count). The van der Waals surface area contributed by atoms with E-state index in [1.54, 1.807) is 0 Å². The molecule has 5 nitrogen and oxygen atoms in total. The lowest BCUT2D eigenvalue weighted by atomic mass is 9.88. The van der Waals surface area contributed by atoms with Crippen LogP contribution < -0.4 is 5.32 Å². The number of carbonyl (C=O) groups is 2. The summed E-state index contributed by atoms with van der Waals surface area (Å²) in [5, 5.41) is 2.95. The van der Waals surface area contributed by atoms with Crippen molar-refractivity contribution in [3.05, 3.63) is 71.8 Å². The Labute approximate surface area is 173 Å². The number of nitrogens with one attached hydrogen (secondary N) is 1. The van der Waals surface area contributed by atoms with Gasteiger partial charge in [0.05, 0.1) is 0 Å². The van der Waals surface area contributed by atoms with Crippen LogP contribution in [-0.2, 0) is 9.59 Å². The van der Waals surface area contributed by atoms with Crippen LogP contribution in [0.15, 0.2) is 60.7 Å². The molecule has 1 N–H and O–H groups in total. The van der Waals surface area contributed by atoms with Gasteiger partial charge in [0.15, 0.2) is 0 Å². The lowest BCUT2D eigenvalue weighted by Crippen LogP contribution is -2.49. The lowest BCUT2D eigenvalue weighted by Gasteiger charge is -2.34. The summed E-state index contributed by atoms with van der Waals surface area (Å²) in [5.41, 5.74) is 2.25. The first-order valence-corrected chi connectivity index (χ1v) is 10.5. The van der Waals surface area contributed by atoms with Crippen molar-refractivity contribution < 1.29 is 9.59 Å². The van der Waals surface area contributed by atoms with Gasteiger partial charge in [-0.3, -0.25) is 9.59 Å². The van der Waals surface area contributed by atoms with Crippen molar-refractivity contribution in [1.82, 2.24) is 15.1 Å². The summed E-state index contributed by atoms with van der Waals surface area (Å²) >= 11 is 0. The van der Waals surface area contributed by atoms with Crippen LogP contribution in [0, 0.1) is 0 Å². The number of amides is 2. The molecule has 1 saturated heterocycles. The Bertz CT molecular complexity index is 732. The molecule has 1 aliphatic rings. The van der Waals surface area contributed by atoms with E-state index >= 15 is 0 Å². The van der Waals surface area contributed by atoms with E-state index in [1.165, 1.54) is 0 Å². The van der Waals surface area contributed by atoms with Crippen LogP contribution in [0.5, 0.6) is 0 Å². The Kier molecular flexibility index (Phi) is 7.82. The van der Waals surface area contributed by atoms with Crippen LogP contribution in [0.25, 0.3) is 0 Å². The SMILES string of the molecule is CCN1CCN(C(=O)CCNC(=O)CC(c2ccccc2)c2ccccc2)CC1. The molecule has 2 amide bonds. The maximum absolute atomic E-state index is 12.6. The van der Waals surface area contributed by atoms with E-state index in [2.05, 4.69) is 41.4 Å². The van der Waals surface area contributed by atoms with Crippen molar-refractivity contribution in [2.24, 2.45) is 0 Å². The zero-order valence-electron chi connectivity index (χ0n) is 17.2. The minimum absolute atomic E-state index is 0.00947. The number of hydrogen-bond acceptors (Lipinski definition) is 3. The second kappa shape index (κ2) is 10.8. The maximum Gasteiger partial charge on any atom is 0.224 e. The van der Waals surface area contributed by atoms with E-state index in [4.69, 9.17) is 0 Å². The average Bonchev–Trinajstić information content (AvgIpc) is 2.78. The molecule has 154 valence electrons. The highest BCUT2D eigenvalue weighted by Crippen LogP contribution is 2.27. The summed E-state index contributed by atoms with van der Waals surface area (Å²) in [5.74, 6) is 0.116. The maximum atomic E-state index is 12.6. The number of carbonyl (C=O) groups excluding carboxylic acids is 2. The molecule has 5 heteroatoms. The molecular weight excluding hydrogens is 362 g/mol. The van der Waals surface area contributed by atoms with Crippen LogP contribution >= 0.6 is 0 Å². The number of rotatable bonds is 8. The molecule has 0 aromatic heterocycles. The van der Waals surface area contributed by atoms with Crippen LogP contribution in [0.4, 0.5) is 0 Å². The number of benzene rings is 2. The molecule has 0 saturated carbocycles. The van der Waals surface area contributed by atoms with Crippen LogP contribution in [0.1, 0.15) is 36.8 Å². The molecule has 1 aliphatic heterocycles. The van der Waals surface area contributed by atoms with Crippen molar-refractivity contribution in [2.45, 2.75) is 25.7 Å². The molecule has 2 aromatic carbocycles. The third-order valence-corrected chi connectivity index (χ3v) is 5.63. The largest absolute Gasteiger partial charge is 0.356 e. The minimum atomic E-state index is -0.0219. The molecule has 0 atom stereocenters. The predicted molar refractivity (Wildman–Crippen MR) is 116 cm³/mol. The normalized spacial score (nSPS) is 14.8. The molecule has 0 unspecified atom stereocenters. The second-order valence-electron chi connectivity index (χ2n) is 7.49. The van der Waals surface area contributed by atoms with Gasteiger partial charge < -0.3 is 15.1 Å². The summed E-state index contributed by atoms with van der Waals surface area (Å²) in [6.45, 7) is 7.00. The smallest absolute Gasteiger partial charge is 0.224 e. The van der Waals surface area contributed by atoms with Gasteiger partial charge in [-0.1, -0.05) is 67.6 Å². The summed E-state index contributed by atoms with van der Waals surface area (Å²) in [6.07, 6.45) is 0.733. The Morgan fingerprint density at radius 2 is 1.45 bits per heavy atom. The third kappa shape index (κ3) is 6.16. The monoisotopic (exact) mass is 393 g/mol. The van der Waals surface area contributed by atoms with E-state index in [1.807, 2.05) is 41.3 Å². The fraction of sp³-hybridized carbons (Fsp3) is 0.417. The zero-order chi connectivity index (χ0) is 20.5. The number of piperazine rings is 1. The van der Waals surface area contributed by atoms with E-state index in [-0.39, 0.29) is 17.7 Å². The van der Waals surface area contributed by atoms with Gasteiger partial charge in [0.1, 0.15) is 0 Å². The third-order valence-electron chi connectivity index (χ3n) is 5.63. The Balaban J connectivity index is 1.50. The van der Waals surface area contributed by atoms with E-state index < -0.39 is 0 Å². The molecular formula is C24H31N3O2. The topological polar surface area (TPSA) is 52.6 Å². The van der Waals surface area contributed by atoms with Crippen molar-refractivity contribution in [3.63, 3.8) is 0 Å². The lowest BCUT2D eigenvalue weighted by molar-refractivity contribution is -0.132. The van der Waals surface area contributed by atoms with Crippen molar-refractivity contribution in [2.75, 3.05) is 39.3 Å². The molecule has 0 aliphatic carbocycles. The first-order valence-electron chi connectivity index (χ1n) is 10.5.